The number of halogens is 1. The molecule has 27 heavy (non-hydrogen) atoms. The summed E-state index contributed by atoms with van der Waals surface area (Å²) in [6.45, 7) is 3.41. The van der Waals surface area contributed by atoms with Gasteiger partial charge in [0.1, 0.15) is 0 Å². The minimum atomic E-state index is -0.436. The lowest BCUT2D eigenvalue weighted by Gasteiger charge is -2.18. The number of amides is 2. The Labute approximate surface area is 162 Å². The SMILES string of the molecule is CC(=O)NC(CC(=O)Nc1ccc(C)c2ncccc12)c1ccc(Cl)cc1. The van der Waals surface area contributed by atoms with E-state index in [-0.39, 0.29) is 18.2 Å². The van der Waals surface area contributed by atoms with Gasteiger partial charge in [0.25, 0.3) is 0 Å². The third kappa shape index (κ3) is 4.63. The van der Waals surface area contributed by atoms with Crippen LogP contribution in [0.3, 0.4) is 0 Å². The zero-order valence-electron chi connectivity index (χ0n) is 15.1. The van der Waals surface area contributed by atoms with E-state index in [9.17, 15) is 9.59 Å². The van der Waals surface area contributed by atoms with Gasteiger partial charge in [0, 0.05) is 23.5 Å². The molecule has 2 aromatic carbocycles. The molecule has 2 N–H and O–H groups in total. The van der Waals surface area contributed by atoms with Crippen LogP contribution in [0, 0.1) is 6.92 Å². The molecule has 0 fully saturated rings. The van der Waals surface area contributed by atoms with Crippen molar-refractivity contribution in [3.63, 3.8) is 0 Å². The maximum absolute atomic E-state index is 12.7. The molecule has 0 saturated heterocycles. The molecule has 138 valence electrons. The summed E-state index contributed by atoms with van der Waals surface area (Å²) in [5, 5.41) is 7.25. The van der Waals surface area contributed by atoms with E-state index >= 15 is 0 Å². The zero-order chi connectivity index (χ0) is 19.4. The molecule has 5 nitrogen and oxygen atoms in total. The monoisotopic (exact) mass is 381 g/mol. The van der Waals surface area contributed by atoms with Crippen LogP contribution in [0.25, 0.3) is 10.9 Å². The Morgan fingerprint density at radius 1 is 1.11 bits per heavy atom. The molecule has 0 aliphatic carbocycles. The highest BCUT2D eigenvalue weighted by Gasteiger charge is 2.18. The van der Waals surface area contributed by atoms with E-state index in [0.717, 1.165) is 22.0 Å². The topological polar surface area (TPSA) is 71.1 Å². The van der Waals surface area contributed by atoms with Crippen LogP contribution in [0.15, 0.2) is 54.7 Å². The minimum Gasteiger partial charge on any atom is -0.349 e. The average molecular weight is 382 g/mol. The van der Waals surface area contributed by atoms with E-state index < -0.39 is 6.04 Å². The first-order chi connectivity index (χ1) is 12.9. The van der Waals surface area contributed by atoms with E-state index in [0.29, 0.717) is 10.7 Å². The number of carbonyl (C=O) groups excluding carboxylic acids is 2. The molecular weight excluding hydrogens is 362 g/mol. The van der Waals surface area contributed by atoms with E-state index in [1.807, 2.05) is 31.2 Å². The molecule has 1 aromatic heterocycles. The Morgan fingerprint density at radius 3 is 2.56 bits per heavy atom. The number of nitrogens with zero attached hydrogens (tertiary/aromatic N) is 1. The third-order valence-electron chi connectivity index (χ3n) is 4.28. The summed E-state index contributed by atoms with van der Waals surface area (Å²) in [4.78, 5) is 28.6. The Morgan fingerprint density at radius 2 is 1.85 bits per heavy atom. The average Bonchev–Trinajstić information content (AvgIpc) is 2.64. The summed E-state index contributed by atoms with van der Waals surface area (Å²) in [7, 11) is 0. The van der Waals surface area contributed by atoms with Crippen LogP contribution >= 0.6 is 11.6 Å². The summed E-state index contributed by atoms with van der Waals surface area (Å²) in [5.41, 5.74) is 3.42. The van der Waals surface area contributed by atoms with Gasteiger partial charge < -0.3 is 10.6 Å². The Bertz CT molecular complexity index is 986. The molecule has 6 heteroatoms. The lowest BCUT2D eigenvalue weighted by atomic mass is 10.0. The van der Waals surface area contributed by atoms with Gasteiger partial charge >= 0.3 is 0 Å². The molecule has 0 bridgehead atoms. The molecule has 1 unspecified atom stereocenters. The highest BCUT2D eigenvalue weighted by Crippen LogP contribution is 2.26. The van der Waals surface area contributed by atoms with Gasteiger partial charge in [-0.3, -0.25) is 14.6 Å². The van der Waals surface area contributed by atoms with Gasteiger partial charge in [0.05, 0.1) is 23.7 Å². The van der Waals surface area contributed by atoms with Gasteiger partial charge in [-0.05, 0) is 48.4 Å². The number of rotatable bonds is 5. The number of aryl methyl sites for hydroxylation is 1. The fourth-order valence-corrected chi connectivity index (χ4v) is 3.13. The predicted octanol–water partition coefficient (Wildman–Crippen LogP) is 4.40. The number of benzene rings is 2. The van der Waals surface area contributed by atoms with Crippen LogP contribution in [0.2, 0.25) is 5.02 Å². The molecule has 1 heterocycles. The smallest absolute Gasteiger partial charge is 0.226 e. The zero-order valence-corrected chi connectivity index (χ0v) is 15.9. The fourth-order valence-electron chi connectivity index (χ4n) is 3.00. The number of fused-ring (bicyclic) bond motifs is 1. The number of nitrogens with one attached hydrogen (secondary N) is 2. The summed E-state index contributed by atoms with van der Waals surface area (Å²) < 4.78 is 0. The standard InChI is InChI=1S/C21H20ClN3O2/c1-13-5-10-18(17-4-3-11-23-21(13)17)25-20(27)12-19(24-14(2)26)15-6-8-16(22)9-7-15/h3-11,19H,12H2,1-2H3,(H,24,26)(H,25,27). The van der Waals surface area contributed by atoms with Crippen molar-refractivity contribution in [2.75, 3.05) is 5.32 Å². The first-order valence-electron chi connectivity index (χ1n) is 8.61. The second kappa shape index (κ2) is 8.18. The van der Waals surface area contributed by atoms with Crippen LogP contribution in [-0.4, -0.2) is 16.8 Å². The van der Waals surface area contributed by atoms with Crippen molar-refractivity contribution in [2.24, 2.45) is 0 Å². The van der Waals surface area contributed by atoms with Crippen molar-refractivity contribution < 1.29 is 9.59 Å². The maximum Gasteiger partial charge on any atom is 0.226 e. The number of hydrogen-bond donors (Lipinski definition) is 2. The minimum absolute atomic E-state index is 0.108. The number of anilines is 1. The summed E-state index contributed by atoms with van der Waals surface area (Å²) >= 11 is 5.93. The van der Waals surface area contributed by atoms with Gasteiger partial charge in [-0.25, -0.2) is 0 Å². The van der Waals surface area contributed by atoms with Gasteiger partial charge in [-0.15, -0.1) is 0 Å². The van der Waals surface area contributed by atoms with Crippen molar-refractivity contribution in [3.8, 4) is 0 Å². The summed E-state index contributed by atoms with van der Waals surface area (Å²) in [5.74, 6) is -0.398. The summed E-state index contributed by atoms with van der Waals surface area (Å²) in [6.07, 6.45) is 1.84. The second-order valence-corrected chi connectivity index (χ2v) is 6.82. The van der Waals surface area contributed by atoms with E-state index in [4.69, 9.17) is 11.6 Å². The fraction of sp³-hybridized carbons (Fsp3) is 0.190. The highest BCUT2D eigenvalue weighted by atomic mass is 35.5. The maximum atomic E-state index is 12.7. The van der Waals surface area contributed by atoms with Crippen LogP contribution in [0.1, 0.15) is 30.5 Å². The normalized spacial score (nSPS) is 11.8. The molecule has 0 aliphatic heterocycles. The van der Waals surface area contributed by atoms with Crippen LogP contribution in [0.4, 0.5) is 5.69 Å². The number of aromatic nitrogens is 1. The number of pyridine rings is 1. The Balaban J connectivity index is 1.81. The molecule has 2 amide bonds. The summed E-state index contributed by atoms with van der Waals surface area (Å²) in [6, 6.07) is 14.2. The van der Waals surface area contributed by atoms with E-state index in [2.05, 4.69) is 15.6 Å². The van der Waals surface area contributed by atoms with E-state index in [1.165, 1.54) is 6.92 Å². The molecule has 0 radical (unpaired) electrons. The van der Waals surface area contributed by atoms with Crippen molar-refractivity contribution in [2.45, 2.75) is 26.3 Å². The first-order valence-corrected chi connectivity index (χ1v) is 8.98. The van der Waals surface area contributed by atoms with Crippen molar-refractivity contribution in [1.29, 1.82) is 0 Å². The number of hydrogen-bond acceptors (Lipinski definition) is 3. The molecule has 3 aromatic rings. The molecule has 3 rings (SSSR count). The Hall–Kier alpha value is -2.92. The van der Waals surface area contributed by atoms with Gasteiger partial charge in [-0.1, -0.05) is 29.8 Å². The first kappa shape index (κ1) is 18.9. The number of carbonyl (C=O) groups is 2. The van der Waals surface area contributed by atoms with Gasteiger partial charge in [0.2, 0.25) is 11.8 Å². The molecule has 0 aliphatic rings. The molecule has 0 spiro atoms. The lowest BCUT2D eigenvalue weighted by Crippen LogP contribution is -2.29. The van der Waals surface area contributed by atoms with E-state index in [1.54, 1.807) is 30.5 Å². The quantitative estimate of drug-likeness (QED) is 0.688. The van der Waals surface area contributed by atoms with Gasteiger partial charge in [-0.2, -0.15) is 0 Å². The van der Waals surface area contributed by atoms with Crippen LogP contribution < -0.4 is 10.6 Å². The second-order valence-electron chi connectivity index (χ2n) is 6.39. The predicted molar refractivity (Wildman–Crippen MR) is 108 cm³/mol. The van der Waals surface area contributed by atoms with Crippen LogP contribution in [0.5, 0.6) is 0 Å². The molecule has 1 atom stereocenters. The highest BCUT2D eigenvalue weighted by molar-refractivity contribution is 6.30. The van der Waals surface area contributed by atoms with Crippen molar-refractivity contribution in [3.05, 3.63) is 70.9 Å². The lowest BCUT2D eigenvalue weighted by molar-refractivity contribution is -0.120. The molecular formula is C21H20ClN3O2. The third-order valence-corrected chi connectivity index (χ3v) is 4.54. The largest absolute Gasteiger partial charge is 0.349 e. The molecule has 0 saturated carbocycles. The Kier molecular flexibility index (Phi) is 5.72. The van der Waals surface area contributed by atoms with Crippen molar-refractivity contribution in [1.82, 2.24) is 10.3 Å². The van der Waals surface area contributed by atoms with Gasteiger partial charge in [0.15, 0.2) is 0 Å². The van der Waals surface area contributed by atoms with Crippen LogP contribution in [-0.2, 0) is 9.59 Å². The van der Waals surface area contributed by atoms with Crippen molar-refractivity contribution >= 4 is 40.0 Å².